The first-order chi connectivity index (χ1) is 5.43. The molecule has 11 heavy (non-hydrogen) atoms. The zero-order chi connectivity index (χ0) is 7.94. The lowest BCUT2D eigenvalue weighted by molar-refractivity contribution is 1.37. The molecule has 1 aromatic rings. The number of rotatable bonds is 1. The minimum absolute atomic E-state index is 0.305. The van der Waals surface area contributed by atoms with Crippen molar-refractivity contribution in [3.63, 3.8) is 0 Å². The summed E-state index contributed by atoms with van der Waals surface area (Å²) in [6.45, 7) is 0. The lowest BCUT2D eigenvalue weighted by atomic mass is 10.2. The Hall–Kier alpha value is -1.04. The maximum atomic E-state index is 5.35. The van der Waals surface area contributed by atoms with Crippen LogP contribution in [0.2, 0.25) is 0 Å². The maximum absolute atomic E-state index is 5.35. The molecule has 56 valence electrons. The molecule has 1 aromatic carbocycles. The van der Waals surface area contributed by atoms with Crippen molar-refractivity contribution < 1.29 is 0 Å². The second kappa shape index (κ2) is 4.72. The Morgan fingerprint density at radius 3 is 2.64 bits per heavy atom. The predicted molar refractivity (Wildman–Crippen MR) is 50.9 cm³/mol. The van der Waals surface area contributed by atoms with E-state index in [0.29, 0.717) is 0 Å². The van der Waals surface area contributed by atoms with E-state index >= 15 is 0 Å². The third-order valence-electron chi connectivity index (χ3n) is 1.28. The van der Waals surface area contributed by atoms with Crippen molar-refractivity contribution in [1.82, 2.24) is 0 Å². The van der Waals surface area contributed by atoms with Crippen LogP contribution in [0.3, 0.4) is 0 Å². The quantitative estimate of drug-likeness (QED) is 0.458. The van der Waals surface area contributed by atoms with E-state index in [0.717, 1.165) is 11.7 Å². The van der Waals surface area contributed by atoms with Crippen LogP contribution in [0.15, 0.2) is 30.3 Å². The number of nitrogens with two attached hydrogens (primary N) is 1. The van der Waals surface area contributed by atoms with Crippen LogP contribution in [0.4, 0.5) is 0 Å². The van der Waals surface area contributed by atoms with Gasteiger partial charge in [-0.05, 0) is 18.3 Å². The highest BCUT2D eigenvalue weighted by atomic mass is 28.2. The molecule has 0 aliphatic carbocycles. The Balaban J connectivity index is 2.59. The van der Waals surface area contributed by atoms with Crippen molar-refractivity contribution in [2.45, 2.75) is 0 Å². The molecule has 2 heteroatoms. The first-order valence-corrected chi connectivity index (χ1v) is 5.38. The molecule has 1 nitrogen and oxygen atoms in total. The summed E-state index contributed by atoms with van der Waals surface area (Å²) in [4.78, 5) is 0. The summed E-state index contributed by atoms with van der Waals surface area (Å²) in [5, 5.41) is 0. The Morgan fingerprint density at radius 1 is 1.27 bits per heavy atom. The van der Waals surface area contributed by atoms with Crippen LogP contribution in [0.5, 0.6) is 0 Å². The Morgan fingerprint density at radius 2 is 2.00 bits per heavy atom. The second-order valence-corrected chi connectivity index (χ2v) is 3.64. The van der Waals surface area contributed by atoms with E-state index in [1.165, 1.54) is 0 Å². The summed E-state index contributed by atoms with van der Waals surface area (Å²) in [7, 11) is -0.305. The molecule has 0 atom stereocenters. The topological polar surface area (TPSA) is 26.0 Å². The van der Waals surface area contributed by atoms with Gasteiger partial charge in [-0.2, -0.15) is 0 Å². The van der Waals surface area contributed by atoms with Crippen molar-refractivity contribution in [2.24, 2.45) is 5.73 Å². The third-order valence-corrected chi connectivity index (χ3v) is 1.99. The van der Waals surface area contributed by atoms with Crippen LogP contribution in [0.1, 0.15) is 5.56 Å². The van der Waals surface area contributed by atoms with E-state index in [1.54, 1.807) is 0 Å². The van der Waals surface area contributed by atoms with Crippen molar-refractivity contribution in [3.05, 3.63) is 35.9 Å². The molecular formula is C9H11NSi. The highest BCUT2D eigenvalue weighted by molar-refractivity contribution is 6.46. The summed E-state index contributed by atoms with van der Waals surface area (Å²) in [6, 6.07) is 10.0. The van der Waals surface area contributed by atoms with Crippen LogP contribution >= 0.6 is 0 Å². The number of hydrogen-bond donors (Lipinski definition) is 1. The first kappa shape index (κ1) is 8.06. The molecule has 0 bridgehead atoms. The van der Waals surface area contributed by atoms with Crippen molar-refractivity contribution in [2.75, 3.05) is 6.17 Å². The van der Waals surface area contributed by atoms with Crippen molar-refractivity contribution in [3.8, 4) is 11.5 Å². The molecule has 0 fully saturated rings. The van der Waals surface area contributed by atoms with E-state index in [1.807, 2.05) is 30.3 Å². The lowest BCUT2D eigenvalue weighted by Crippen LogP contribution is -2.06. The monoisotopic (exact) mass is 161 g/mol. The molecule has 0 saturated carbocycles. The number of benzene rings is 1. The van der Waals surface area contributed by atoms with Crippen LogP contribution in [0, 0.1) is 11.5 Å². The van der Waals surface area contributed by atoms with E-state index in [2.05, 4.69) is 11.5 Å². The van der Waals surface area contributed by atoms with Gasteiger partial charge in [0.2, 0.25) is 0 Å². The van der Waals surface area contributed by atoms with Gasteiger partial charge in [-0.15, -0.1) is 5.54 Å². The number of hydrogen-bond acceptors (Lipinski definition) is 1. The van der Waals surface area contributed by atoms with Gasteiger partial charge >= 0.3 is 0 Å². The van der Waals surface area contributed by atoms with Gasteiger partial charge < -0.3 is 5.73 Å². The normalized spacial score (nSPS) is 9.55. The third kappa shape index (κ3) is 3.03. The molecule has 0 aliphatic rings. The van der Waals surface area contributed by atoms with Crippen molar-refractivity contribution >= 4 is 9.52 Å². The molecular weight excluding hydrogens is 150 g/mol. The highest BCUT2D eigenvalue weighted by Gasteiger charge is 1.79. The molecule has 0 spiro atoms. The first-order valence-electron chi connectivity index (χ1n) is 3.67. The molecule has 0 saturated heterocycles. The van der Waals surface area contributed by atoms with Gasteiger partial charge in [-0.3, -0.25) is 0 Å². The minimum atomic E-state index is -0.305. The van der Waals surface area contributed by atoms with Gasteiger partial charge in [-0.1, -0.05) is 24.1 Å². The van der Waals surface area contributed by atoms with Gasteiger partial charge in [0.05, 0.1) is 0 Å². The van der Waals surface area contributed by atoms with E-state index in [9.17, 15) is 0 Å². The molecule has 2 N–H and O–H groups in total. The Kier molecular flexibility index (Phi) is 3.46. The molecule has 1 rings (SSSR count). The molecule has 0 unspecified atom stereocenters. The Bertz CT molecular complexity index is 258. The SMILES string of the molecule is NC[SiH2]C#Cc1ccccc1. The van der Waals surface area contributed by atoms with E-state index in [4.69, 9.17) is 5.73 Å². The second-order valence-electron chi connectivity index (χ2n) is 2.21. The van der Waals surface area contributed by atoms with Crippen LogP contribution in [-0.4, -0.2) is 15.7 Å². The molecule has 0 heterocycles. The predicted octanol–water partition coefficient (Wildman–Crippen LogP) is 0.0806. The summed E-state index contributed by atoms with van der Waals surface area (Å²) < 4.78 is 0. The van der Waals surface area contributed by atoms with Crippen LogP contribution in [0.25, 0.3) is 0 Å². The van der Waals surface area contributed by atoms with Gasteiger partial charge in [0, 0.05) is 5.56 Å². The minimum Gasteiger partial charge on any atom is -0.332 e. The highest BCUT2D eigenvalue weighted by Crippen LogP contribution is 1.93. The Labute approximate surface area is 69.4 Å². The molecule has 0 aliphatic heterocycles. The summed E-state index contributed by atoms with van der Waals surface area (Å²) in [5.74, 6) is 3.08. The zero-order valence-electron chi connectivity index (χ0n) is 6.38. The maximum Gasteiger partial charge on any atom is 0.121 e. The average molecular weight is 161 g/mol. The summed E-state index contributed by atoms with van der Waals surface area (Å²) in [6.07, 6.45) is 0.778. The fourth-order valence-corrected chi connectivity index (χ4v) is 1.23. The van der Waals surface area contributed by atoms with Crippen molar-refractivity contribution in [1.29, 1.82) is 0 Å². The molecule has 0 radical (unpaired) electrons. The lowest BCUT2D eigenvalue weighted by Gasteiger charge is -1.85. The van der Waals surface area contributed by atoms with Gasteiger partial charge in [0.25, 0.3) is 0 Å². The fourth-order valence-electron chi connectivity index (χ4n) is 0.758. The summed E-state index contributed by atoms with van der Waals surface area (Å²) in [5.41, 5.74) is 9.56. The van der Waals surface area contributed by atoms with Gasteiger partial charge in [0.1, 0.15) is 9.52 Å². The fraction of sp³-hybridized carbons (Fsp3) is 0.111. The van der Waals surface area contributed by atoms with E-state index < -0.39 is 0 Å². The van der Waals surface area contributed by atoms with E-state index in [-0.39, 0.29) is 9.52 Å². The van der Waals surface area contributed by atoms with Crippen LogP contribution in [-0.2, 0) is 0 Å². The smallest absolute Gasteiger partial charge is 0.121 e. The average Bonchev–Trinajstić information content (AvgIpc) is 2.07. The van der Waals surface area contributed by atoms with Crippen LogP contribution < -0.4 is 5.73 Å². The van der Waals surface area contributed by atoms with Gasteiger partial charge in [-0.25, -0.2) is 0 Å². The van der Waals surface area contributed by atoms with Gasteiger partial charge in [0.15, 0.2) is 0 Å². The molecule has 0 aromatic heterocycles. The molecule has 0 amide bonds. The largest absolute Gasteiger partial charge is 0.332 e. The summed E-state index contributed by atoms with van der Waals surface area (Å²) >= 11 is 0. The zero-order valence-corrected chi connectivity index (χ0v) is 7.79. The standard InChI is InChI=1S/C9H11NSi/c10-8-11-7-6-9-4-2-1-3-5-9/h1-5H,8,10-11H2.